The molecule has 0 fully saturated rings. The zero-order chi connectivity index (χ0) is 10.8. The number of hydrogen-bond acceptors (Lipinski definition) is 5. The average molecular weight is 209 g/mol. The SMILES string of the molecule is COC(=O)Nc1nc(N)c2[nH]c[nH+]c2n1. The van der Waals surface area contributed by atoms with Crippen LogP contribution in [0.2, 0.25) is 0 Å². The van der Waals surface area contributed by atoms with Gasteiger partial charge in [-0.15, -0.1) is 0 Å². The first-order valence-electron chi connectivity index (χ1n) is 4.08. The van der Waals surface area contributed by atoms with Crippen LogP contribution >= 0.6 is 0 Å². The van der Waals surface area contributed by atoms with Crippen molar-refractivity contribution in [3.63, 3.8) is 0 Å². The van der Waals surface area contributed by atoms with Gasteiger partial charge in [-0.25, -0.2) is 15.1 Å². The Bertz CT molecular complexity index is 507. The van der Waals surface area contributed by atoms with Gasteiger partial charge in [-0.1, -0.05) is 4.98 Å². The molecule has 1 amide bonds. The number of nitrogen functional groups attached to an aromatic ring is 1. The van der Waals surface area contributed by atoms with Gasteiger partial charge < -0.3 is 10.5 Å². The molecule has 2 aromatic rings. The van der Waals surface area contributed by atoms with Crippen molar-refractivity contribution in [3.05, 3.63) is 6.33 Å². The van der Waals surface area contributed by atoms with E-state index in [0.717, 1.165) is 0 Å². The van der Waals surface area contributed by atoms with Gasteiger partial charge in [-0.3, -0.25) is 4.98 Å². The Hall–Kier alpha value is -2.38. The Morgan fingerprint density at radius 2 is 2.47 bits per heavy atom. The topological polar surface area (TPSA) is 120 Å². The van der Waals surface area contributed by atoms with Crippen molar-refractivity contribution >= 4 is 29.0 Å². The normalized spacial score (nSPS) is 10.2. The fourth-order valence-corrected chi connectivity index (χ4v) is 1.10. The minimum absolute atomic E-state index is 0.0858. The summed E-state index contributed by atoms with van der Waals surface area (Å²) in [4.78, 5) is 24.4. The molecule has 0 bridgehead atoms. The quantitative estimate of drug-likeness (QED) is 0.586. The van der Waals surface area contributed by atoms with Crippen molar-refractivity contribution in [1.29, 1.82) is 0 Å². The maximum absolute atomic E-state index is 10.9. The number of rotatable bonds is 1. The number of aromatic amines is 2. The summed E-state index contributed by atoms with van der Waals surface area (Å²) in [6.45, 7) is 0. The van der Waals surface area contributed by atoms with Crippen LogP contribution in [0.25, 0.3) is 11.2 Å². The number of anilines is 2. The second-order valence-electron chi connectivity index (χ2n) is 2.71. The van der Waals surface area contributed by atoms with Crippen LogP contribution in [0.1, 0.15) is 0 Å². The molecule has 2 aromatic heterocycles. The van der Waals surface area contributed by atoms with Gasteiger partial charge in [0.25, 0.3) is 0 Å². The molecular weight excluding hydrogens is 200 g/mol. The molecule has 2 heterocycles. The van der Waals surface area contributed by atoms with Crippen LogP contribution in [0.3, 0.4) is 0 Å². The van der Waals surface area contributed by atoms with Crippen LogP contribution in [0, 0.1) is 0 Å². The average Bonchev–Trinajstić information content (AvgIpc) is 2.66. The van der Waals surface area contributed by atoms with E-state index in [4.69, 9.17) is 5.73 Å². The van der Waals surface area contributed by atoms with E-state index in [1.807, 2.05) is 0 Å². The summed E-state index contributed by atoms with van der Waals surface area (Å²) in [5, 5.41) is 2.32. The molecule has 0 aromatic carbocycles. The van der Waals surface area contributed by atoms with Crippen molar-refractivity contribution in [1.82, 2.24) is 15.0 Å². The monoisotopic (exact) mass is 209 g/mol. The molecule has 5 N–H and O–H groups in total. The maximum Gasteiger partial charge on any atom is 0.414 e. The third kappa shape index (κ3) is 1.64. The van der Waals surface area contributed by atoms with Gasteiger partial charge in [-0.2, -0.15) is 4.98 Å². The number of aromatic nitrogens is 4. The van der Waals surface area contributed by atoms with Gasteiger partial charge in [0.2, 0.25) is 5.52 Å². The number of H-pyrrole nitrogens is 2. The lowest BCUT2D eigenvalue weighted by Gasteiger charge is -1.98. The third-order valence-corrected chi connectivity index (χ3v) is 1.76. The van der Waals surface area contributed by atoms with Crippen molar-refractivity contribution in [2.45, 2.75) is 0 Å². The standard InChI is InChI=1S/C7H8N6O2/c1-15-7(14)13-6-11-4(8)3-5(12-6)10-2-9-3/h2H,1H3,(H4,8,9,10,11,12,13,14)/p+1. The zero-order valence-electron chi connectivity index (χ0n) is 7.87. The van der Waals surface area contributed by atoms with E-state index >= 15 is 0 Å². The Kier molecular flexibility index (Phi) is 2.08. The lowest BCUT2D eigenvalue weighted by Crippen LogP contribution is -2.15. The van der Waals surface area contributed by atoms with Crippen molar-refractivity contribution < 1.29 is 14.5 Å². The van der Waals surface area contributed by atoms with Crippen LogP contribution in [0.5, 0.6) is 0 Å². The molecule has 8 nitrogen and oxygen atoms in total. The number of nitrogens with two attached hydrogens (primary N) is 1. The highest BCUT2D eigenvalue weighted by atomic mass is 16.5. The largest absolute Gasteiger partial charge is 0.453 e. The van der Waals surface area contributed by atoms with E-state index in [1.165, 1.54) is 7.11 Å². The van der Waals surface area contributed by atoms with Crippen LogP contribution in [0.15, 0.2) is 6.33 Å². The summed E-state index contributed by atoms with van der Waals surface area (Å²) in [5.74, 6) is 0.329. The Morgan fingerprint density at radius 3 is 3.20 bits per heavy atom. The summed E-state index contributed by atoms with van der Waals surface area (Å²) < 4.78 is 4.40. The lowest BCUT2D eigenvalue weighted by atomic mass is 10.5. The van der Waals surface area contributed by atoms with Crippen LogP contribution in [0.4, 0.5) is 16.6 Å². The van der Waals surface area contributed by atoms with E-state index in [0.29, 0.717) is 11.2 Å². The molecule has 0 aliphatic heterocycles. The van der Waals surface area contributed by atoms with Gasteiger partial charge in [-0.05, 0) is 0 Å². The number of imidazole rings is 1. The second kappa shape index (κ2) is 3.40. The molecule has 0 radical (unpaired) electrons. The maximum atomic E-state index is 10.9. The fourth-order valence-electron chi connectivity index (χ4n) is 1.10. The summed E-state index contributed by atoms with van der Waals surface area (Å²) in [5.41, 5.74) is 6.72. The number of hydrogen-bond donors (Lipinski definition) is 3. The van der Waals surface area contributed by atoms with Gasteiger partial charge in [0.05, 0.1) is 7.11 Å². The molecule has 2 rings (SSSR count). The molecule has 0 saturated carbocycles. The first-order chi connectivity index (χ1) is 7.20. The van der Waals surface area contributed by atoms with Crippen LogP contribution in [-0.4, -0.2) is 28.2 Å². The molecular formula is C7H9N6O2+. The van der Waals surface area contributed by atoms with Crippen molar-refractivity contribution in [2.75, 3.05) is 18.2 Å². The highest BCUT2D eigenvalue weighted by Crippen LogP contribution is 2.12. The van der Waals surface area contributed by atoms with Gasteiger partial charge in [0.15, 0.2) is 12.1 Å². The predicted molar refractivity (Wildman–Crippen MR) is 50.9 cm³/mol. The van der Waals surface area contributed by atoms with Gasteiger partial charge in [0, 0.05) is 0 Å². The fraction of sp³-hybridized carbons (Fsp3) is 0.143. The van der Waals surface area contributed by atoms with Crippen molar-refractivity contribution in [2.24, 2.45) is 0 Å². The Labute approximate surface area is 83.9 Å². The van der Waals surface area contributed by atoms with E-state index < -0.39 is 6.09 Å². The molecule has 15 heavy (non-hydrogen) atoms. The minimum atomic E-state index is -0.649. The van der Waals surface area contributed by atoms with Crippen LogP contribution in [-0.2, 0) is 4.74 Å². The Balaban J connectivity index is 2.40. The highest BCUT2D eigenvalue weighted by molar-refractivity contribution is 5.85. The molecule has 78 valence electrons. The number of carbonyl (C=O) groups excluding carboxylic acids is 1. The number of methoxy groups -OCH3 is 1. The number of fused-ring (bicyclic) bond motifs is 1. The van der Waals surface area contributed by atoms with Gasteiger partial charge >= 0.3 is 17.7 Å². The lowest BCUT2D eigenvalue weighted by molar-refractivity contribution is -0.347. The number of amides is 1. The number of nitrogens with one attached hydrogen (secondary N) is 3. The molecule has 0 saturated heterocycles. The molecule has 0 spiro atoms. The molecule has 0 unspecified atom stereocenters. The number of nitrogens with zero attached hydrogens (tertiary/aromatic N) is 2. The Morgan fingerprint density at radius 1 is 1.67 bits per heavy atom. The highest BCUT2D eigenvalue weighted by Gasteiger charge is 2.15. The summed E-state index contributed by atoms with van der Waals surface area (Å²) in [6.07, 6.45) is 0.918. The van der Waals surface area contributed by atoms with E-state index in [9.17, 15) is 4.79 Å². The molecule has 8 heteroatoms. The van der Waals surface area contributed by atoms with Gasteiger partial charge in [0.1, 0.15) is 0 Å². The minimum Gasteiger partial charge on any atom is -0.453 e. The van der Waals surface area contributed by atoms with E-state index in [-0.39, 0.29) is 11.8 Å². The molecule has 0 aliphatic rings. The first-order valence-corrected chi connectivity index (χ1v) is 4.08. The third-order valence-electron chi connectivity index (χ3n) is 1.76. The summed E-state index contributed by atoms with van der Waals surface area (Å²) >= 11 is 0. The van der Waals surface area contributed by atoms with Crippen molar-refractivity contribution in [3.8, 4) is 0 Å². The van der Waals surface area contributed by atoms with E-state index in [2.05, 4.69) is 30.0 Å². The molecule has 0 atom stereocenters. The van der Waals surface area contributed by atoms with E-state index in [1.54, 1.807) is 6.33 Å². The zero-order valence-corrected chi connectivity index (χ0v) is 7.87. The second-order valence-corrected chi connectivity index (χ2v) is 2.71. The summed E-state index contributed by atoms with van der Waals surface area (Å²) in [6, 6.07) is 0. The smallest absolute Gasteiger partial charge is 0.414 e. The number of carbonyl (C=O) groups is 1. The first kappa shape index (κ1) is 9.19. The predicted octanol–water partition coefficient (Wildman–Crippen LogP) is -0.468. The molecule has 0 aliphatic carbocycles. The number of ether oxygens (including phenoxy) is 1. The summed E-state index contributed by atoms with van der Waals surface area (Å²) in [7, 11) is 1.25. The van der Waals surface area contributed by atoms with Crippen LogP contribution < -0.4 is 16.0 Å².